The van der Waals surface area contributed by atoms with Crippen LogP contribution in [0.3, 0.4) is 0 Å². The second kappa shape index (κ2) is 7.35. The zero-order valence-electron chi connectivity index (χ0n) is 15.3. The minimum atomic E-state index is -4.21. The first-order valence-electron chi connectivity index (χ1n) is 8.39. The van der Waals surface area contributed by atoms with Crippen molar-refractivity contribution >= 4 is 16.8 Å². The number of H-pyrrole nitrogens is 1. The van der Waals surface area contributed by atoms with E-state index in [1.54, 1.807) is 6.07 Å². The average Bonchev–Trinajstić information content (AvgIpc) is 2.68. The third kappa shape index (κ3) is 3.67. The first-order chi connectivity index (χ1) is 13.6. The molecule has 3 rings (SSSR count). The standard InChI is InChI=1S/C19H14F3N5O2/c1-9-13-7-11(20)3-4-14(13)27-17(28)15(9)19(21,22)18(29)25-10(2)16-24-6-5-12(8-23)26-16/h3-7,10H,1-2H3,(H,25,29)(H,27,28)/t10-/m0/s1. The number of nitrogens with zero attached hydrogens (tertiary/aromatic N) is 3. The number of hydrogen-bond donors (Lipinski definition) is 2. The SMILES string of the molecule is Cc1c(C(F)(F)C(=O)N[C@@H](C)c2nccc(C#N)n2)c(=O)[nH]c2ccc(F)cc12. The smallest absolute Gasteiger partial charge is 0.341 e. The molecule has 0 bridgehead atoms. The van der Waals surface area contributed by atoms with Crippen molar-refractivity contribution < 1.29 is 18.0 Å². The van der Waals surface area contributed by atoms with Gasteiger partial charge >= 0.3 is 5.92 Å². The number of hydrogen-bond acceptors (Lipinski definition) is 5. The van der Waals surface area contributed by atoms with E-state index in [-0.39, 0.29) is 28.0 Å². The Morgan fingerprint density at radius 3 is 2.76 bits per heavy atom. The van der Waals surface area contributed by atoms with Gasteiger partial charge in [0.2, 0.25) is 0 Å². The monoisotopic (exact) mass is 401 g/mol. The first-order valence-corrected chi connectivity index (χ1v) is 8.39. The maximum Gasteiger partial charge on any atom is 0.355 e. The van der Waals surface area contributed by atoms with E-state index < -0.39 is 34.8 Å². The van der Waals surface area contributed by atoms with Gasteiger partial charge in [0.1, 0.15) is 17.6 Å². The molecule has 0 saturated heterocycles. The molecule has 0 aliphatic heterocycles. The summed E-state index contributed by atoms with van der Waals surface area (Å²) in [4.78, 5) is 34.5. The molecule has 2 N–H and O–H groups in total. The van der Waals surface area contributed by atoms with Gasteiger partial charge in [-0.05, 0) is 43.7 Å². The van der Waals surface area contributed by atoms with Gasteiger partial charge in [0.25, 0.3) is 11.5 Å². The van der Waals surface area contributed by atoms with Crippen LogP contribution in [0.15, 0.2) is 35.3 Å². The number of carbonyl (C=O) groups is 1. The predicted molar refractivity (Wildman–Crippen MR) is 96.5 cm³/mol. The van der Waals surface area contributed by atoms with Crippen LogP contribution in [0.25, 0.3) is 10.9 Å². The molecule has 0 aliphatic rings. The highest BCUT2D eigenvalue weighted by Gasteiger charge is 2.45. The lowest BCUT2D eigenvalue weighted by atomic mass is 9.99. The number of pyridine rings is 1. The topological polar surface area (TPSA) is 112 Å². The van der Waals surface area contributed by atoms with Gasteiger partial charge in [-0.3, -0.25) is 9.59 Å². The number of aryl methyl sites for hydroxylation is 1. The number of carbonyl (C=O) groups excluding carboxylic acids is 1. The Kier molecular flexibility index (Phi) is 5.07. The van der Waals surface area contributed by atoms with E-state index in [9.17, 15) is 22.8 Å². The van der Waals surface area contributed by atoms with Crippen LogP contribution in [0, 0.1) is 24.1 Å². The van der Waals surface area contributed by atoms with Crippen molar-refractivity contribution in [2.75, 3.05) is 0 Å². The number of aromatic amines is 1. The molecule has 29 heavy (non-hydrogen) atoms. The number of fused-ring (bicyclic) bond motifs is 1. The van der Waals surface area contributed by atoms with Crippen LogP contribution in [0.1, 0.15) is 35.6 Å². The van der Waals surface area contributed by atoms with E-state index in [1.807, 2.05) is 5.32 Å². The van der Waals surface area contributed by atoms with Gasteiger partial charge in [-0.15, -0.1) is 0 Å². The highest BCUT2D eigenvalue weighted by molar-refractivity contribution is 5.89. The van der Waals surface area contributed by atoms with E-state index in [2.05, 4.69) is 15.0 Å². The number of aromatic nitrogens is 3. The van der Waals surface area contributed by atoms with Crippen LogP contribution in [0.2, 0.25) is 0 Å². The van der Waals surface area contributed by atoms with Crippen LogP contribution in [-0.4, -0.2) is 20.9 Å². The van der Waals surface area contributed by atoms with Crippen molar-refractivity contribution in [1.82, 2.24) is 20.3 Å². The molecule has 10 heteroatoms. The van der Waals surface area contributed by atoms with E-state index in [1.165, 1.54) is 32.2 Å². The van der Waals surface area contributed by atoms with Crippen LogP contribution >= 0.6 is 0 Å². The predicted octanol–water partition coefficient (Wildman–Crippen LogP) is 2.61. The van der Waals surface area contributed by atoms with Gasteiger partial charge in [-0.2, -0.15) is 14.0 Å². The molecule has 7 nitrogen and oxygen atoms in total. The minimum Gasteiger partial charge on any atom is -0.341 e. The number of rotatable bonds is 4. The Morgan fingerprint density at radius 2 is 2.07 bits per heavy atom. The number of nitriles is 1. The normalized spacial score (nSPS) is 12.4. The summed E-state index contributed by atoms with van der Waals surface area (Å²) in [5.74, 6) is -6.67. The maximum absolute atomic E-state index is 14.9. The quantitative estimate of drug-likeness (QED) is 0.698. The Balaban J connectivity index is 1.98. The fourth-order valence-electron chi connectivity index (χ4n) is 2.91. The molecule has 148 valence electrons. The summed E-state index contributed by atoms with van der Waals surface area (Å²) in [6.07, 6.45) is 1.26. The zero-order chi connectivity index (χ0) is 21.3. The second-order valence-electron chi connectivity index (χ2n) is 6.33. The Hall–Kier alpha value is -3.74. The number of amides is 1. The molecule has 0 fully saturated rings. The van der Waals surface area contributed by atoms with Gasteiger partial charge in [0.15, 0.2) is 5.82 Å². The average molecular weight is 401 g/mol. The lowest BCUT2D eigenvalue weighted by Crippen LogP contribution is -2.43. The van der Waals surface area contributed by atoms with Crippen molar-refractivity contribution in [3.8, 4) is 6.07 Å². The largest absolute Gasteiger partial charge is 0.355 e. The molecule has 0 saturated carbocycles. The minimum absolute atomic E-state index is 0.00621. The number of nitrogens with one attached hydrogen (secondary N) is 2. The second-order valence-corrected chi connectivity index (χ2v) is 6.33. The molecule has 0 aliphatic carbocycles. The van der Waals surface area contributed by atoms with E-state index >= 15 is 0 Å². The van der Waals surface area contributed by atoms with E-state index in [0.29, 0.717) is 0 Å². The molecule has 1 aromatic carbocycles. The van der Waals surface area contributed by atoms with Gasteiger partial charge in [-0.25, -0.2) is 14.4 Å². The fraction of sp³-hybridized carbons (Fsp3) is 0.211. The van der Waals surface area contributed by atoms with Gasteiger partial charge in [0.05, 0.1) is 11.6 Å². The van der Waals surface area contributed by atoms with Gasteiger partial charge in [0, 0.05) is 17.1 Å². The number of halogens is 3. The summed E-state index contributed by atoms with van der Waals surface area (Å²) < 4.78 is 43.3. The summed E-state index contributed by atoms with van der Waals surface area (Å²) in [6.45, 7) is 2.58. The zero-order valence-corrected chi connectivity index (χ0v) is 15.3. The van der Waals surface area contributed by atoms with Gasteiger partial charge < -0.3 is 10.3 Å². The van der Waals surface area contributed by atoms with Crippen molar-refractivity contribution in [2.45, 2.75) is 25.8 Å². The van der Waals surface area contributed by atoms with E-state index in [4.69, 9.17) is 5.26 Å². The lowest BCUT2D eigenvalue weighted by Gasteiger charge is -2.21. The number of benzene rings is 1. The fourth-order valence-corrected chi connectivity index (χ4v) is 2.91. The molecule has 3 aromatic rings. The number of alkyl halides is 2. The molecule has 0 spiro atoms. The Bertz CT molecular complexity index is 1220. The highest BCUT2D eigenvalue weighted by Crippen LogP contribution is 2.32. The van der Waals surface area contributed by atoms with Crippen LogP contribution in [0.4, 0.5) is 13.2 Å². The summed E-state index contributed by atoms with van der Waals surface area (Å²) in [5, 5.41) is 11.0. The van der Waals surface area contributed by atoms with Crippen molar-refractivity contribution in [3.63, 3.8) is 0 Å². The summed E-state index contributed by atoms with van der Waals surface area (Å²) in [7, 11) is 0. The molecular formula is C19H14F3N5O2. The lowest BCUT2D eigenvalue weighted by molar-refractivity contribution is -0.148. The van der Waals surface area contributed by atoms with Crippen LogP contribution < -0.4 is 10.9 Å². The molecule has 1 atom stereocenters. The summed E-state index contributed by atoms with van der Waals surface area (Å²) in [6, 6.07) is 5.38. The molecule has 0 radical (unpaired) electrons. The molecule has 2 heterocycles. The summed E-state index contributed by atoms with van der Waals surface area (Å²) >= 11 is 0. The third-order valence-corrected chi connectivity index (χ3v) is 4.36. The van der Waals surface area contributed by atoms with Crippen LogP contribution in [-0.2, 0) is 10.7 Å². The van der Waals surface area contributed by atoms with Crippen molar-refractivity contribution in [3.05, 3.63) is 69.3 Å². The Labute approximate surface area is 162 Å². The first kappa shape index (κ1) is 20.0. The molecular weight excluding hydrogens is 387 g/mol. The highest BCUT2D eigenvalue weighted by atomic mass is 19.3. The maximum atomic E-state index is 14.9. The molecule has 0 unspecified atom stereocenters. The van der Waals surface area contributed by atoms with Crippen molar-refractivity contribution in [2.24, 2.45) is 0 Å². The van der Waals surface area contributed by atoms with Crippen LogP contribution in [0.5, 0.6) is 0 Å². The Morgan fingerprint density at radius 1 is 1.34 bits per heavy atom. The van der Waals surface area contributed by atoms with E-state index in [0.717, 1.165) is 12.1 Å². The van der Waals surface area contributed by atoms with Gasteiger partial charge in [-0.1, -0.05) is 0 Å². The summed E-state index contributed by atoms with van der Waals surface area (Å²) in [5.41, 5.74) is -2.27. The third-order valence-electron chi connectivity index (χ3n) is 4.36. The molecule has 2 aromatic heterocycles. The van der Waals surface area contributed by atoms with Crippen molar-refractivity contribution in [1.29, 1.82) is 5.26 Å². The molecule has 1 amide bonds.